The highest BCUT2D eigenvalue weighted by Gasteiger charge is 2.44. The highest BCUT2D eigenvalue weighted by Crippen LogP contribution is 2.20. The van der Waals surface area contributed by atoms with E-state index >= 15 is 0 Å². The maximum absolute atomic E-state index is 11.7. The van der Waals surface area contributed by atoms with Gasteiger partial charge in [-0.3, -0.25) is 20.0 Å². The Balaban J connectivity index is 2.86. The second kappa shape index (κ2) is 5.27. The van der Waals surface area contributed by atoms with E-state index in [9.17, 15) is 20.0 Å². The van der Waals surface area contributed by atoms with Gasteiger partial charge < -0.3 is 0 Å². The smallest absolute Gasteiger partial charge is 0.272 e. The number of rotatable bonds is 4. The predicted octanol–water partition coefficient (Wildman–Crippen LogP) is 0.773. The molecule has 1 fully saturated rings. The van der Waals surface area contributed by atoms with Gasteiger partial charge in [0.1, 0.15) is 12.1 Å². The zero-order valence-electron chi connectivity index (χ0n) is 9.59. The monoisotopic (exact) mass is 230 g/mol. The van der Waals surface area contributed by atoms with Gasteiger partial charge in [0.05, 0.1) is 0 Å². The van der Waals surface area contributed by atoms with Crippen LogP contribution in [0.25, 0.3) is 0 Å². The van der Waals surface area contributed by atoms with Crippen molar-refractivity contribution >= 4 is 11.8 Å². The molecule has 0 aromatic carbocycles. The zero-order chi connectivity index (χ0) is 12.3. The number of hydroxylamine groups is 4. The van der Waals surface area contributed by atoms with E-state index in [2.05, 4.69) is 0 Å². The molecule has 6 nitrogen and oxygen atoms in total. The highest BCUT2D eigenvalue weighted by molar-refractivity contribution is 5.95. The van der Waals surface area contributed by atoms with Crippen LogP contribution in [0, 0.1) is 0 Å². The summed E-state index contributed by atoms with van der Waals surface area (Å²) in [4.78, 5) is 23.4. The number of carbonyl (C=O) groups excluding carboxylic acids is 2. The van der Waals surface area contributed by atoms with E-state index < -0.39 is 23.9 Å². The Morgan fingerprint density at radius 1 is 0.938 bits per heavy atom. The molecule has 0 saturated carbocycles. The van der Waals surface area contributed by atoms with Gasteiger partial charge in [0, 0.05) is 0 Å². The fourth-order valence-corrected chi connectivity index (χ4v) is 1.86. The summed E-state index contributed by atoms with van der Waals surface area (Å²) in [6, 6.07) is -1.90. The SMILES string of the molecule is CCC[C@@H]1C(=O)N(O)[C@H](CCC)C(=O)N1O. The molecule has 1 rings (SSSR count). The van der Waals surface area contributed by atoms with Crippen LogP contribution in [0.5, 0.6) is 0 Å². The van der Waals surface area contributed by atoms with E-state index in [0.29, 0.717) is 35.8 Å². The quantitative estimate of drug-likeness (QED) is 0.699. The van der Waals surface area contributed by atoms with Crippen molar-refractivity contribution in [2.24, 2.45) is 0 Å². The van der Waals surface area contributed by atoms with Crippen LogP contribution in [-0.4, -0.2) is 44.4 Å². The van der Waals surface area contributed by atoms with Crippen LogP contribution < -0.4 is 0 Å². The molecule has 0 radical (unpaired) electrons. The molecule has 16 heavy (non-hydrogen) atoms. The minimum absolute atomic E-state index is 0.344. The third kappa shape index (κ3) is 2.17. The van der Waals surface area contributed by atoms with Gasteiger partial charge in [0.2, 0.25) is 0 Å². The minimum Gasteiger partial charge on any atom is -0.285 e. The van der Waals surface area contributed by atoms with Crippen LogP contribution in [0.4, 0.5) is 0 Å². The van der Waals surface area contributed by atoms with Crippen molar-refractivity contribution in [1.29, 1.82) is 0 Å². The maximum Gasteiger partial charge on any atom is 0.272 e. The third-order valence-corrected chi connectivity index (χ3v) is 2.74. The average Bonchev–Trinajstić information content (AvgIpc) is 2.28. The summed E-state index contributed by atoms with van der Waals surface area (Å²) in [6.45, 7) is 3.68. The zero-order valence-corrected chi connectivity index (χ0v) is 9.59. The van der Waals surface area contributed by atoms with E-state index in [1.54, 1.807) is 0 Å². The third-order valence-electron chi connectivity index (χ3n) is 2.74. The van der Waals surface area contributed by atoms with E-state index in [-0.39, 0.29) is 0 Å². The Morgan fingerprint density at radius 3 is 1.50 bits per heavy atom. The average molecular weight is 230 g/mol. The molecule has 0 unspecified atom stereocenters. The predicted molar refractivity (Wildman–Crippen MR) is 54.7 cm³/mol. The molecule has 92 valence electrons. The minimum atomic E-state index is -0.949. The van der Waals surface area contributed by atoms with Gasteiger partial charge in [-0.15, -0.1) is 0 Å². The normalized spacial score (nSPS) is 26.5. The van der Waals surface area contributed by atoms with E-state index in [4.69, 9.17) is 0 Å². The van der Waals surface area contributed by atoms with Crippen LogP contribution in [0.15, 0.2) is 0 Å². The van der Waals surface area contributed by atoms with Crippen LogP contribution in [0.3, 0.4) is 0 Å². The van der Waals surface area contributed by atoms with Gasteiger partial charge in [-0.05, 0) is 12.8 Å². The van der Waals surface area contributed by atoms with Crippen molar-refractivity contribution < 1.29 is 20.0 Å². The molecule has 1 saturated heterocycles. The molecular formula is C10H18N2O4. The summed E-state index contributed by atoms with van der Waals surface area (Å²) in [6.07, 6.45) is 1.98. The number of carbonyl (C=O) groups is 2. The van der Waals surface area contributed by atoms with Crippen LogP contribution in [0.2, 0.25) is 0 Å². The number of piperazine rings is 1. The van der Waals surface area contributed by atoms with Crippen LogP contribution in [0.1, 0.15) is 39.5 Å². The molecule has 1 aliphatic rings. The van der Waals surface area contributed by atoms with Crippen molar-refractivity contribution in [3.05, 3.63) is 0 Å². The summed E-state index contributed by atoms with van der Waals surface area (Å²) in [7, 11) is 0. The Labute approximate surface area is 94.4 Å². The van der Waals surface area contributed by atoms with Gasteiger partial charge in [-0.25, -0.2) is 10.1 Å². The molecule has 1 heterocycles. The van der Waals surface area contributed by atoms with Crippen molar-refractivity contribution in [3.63, 3.8) is 0 Å². The van der Waals surface area contributed by atoms with Crippen molar-refractivity contribution in [2.45, 2.75) is 51.6 Å². The van der Waals surface area contributed by atoms with E-state index in [0.717, 1.165) is 0 Å². The lowest BCUT2D eigenvalue weighted by Crippen LogP contribution is -2.62. The maximum atomic E-state index is 11.7. The topological polar surface area (TPSA) is 81.1 Å². The largest absolute Gasteiger partial charge is 0.285 e. The van der Waals surface area contributed by atoms with Gasteiger partial charge in [-0.1, -0.05) is 26.7 Å². The first-order valence-corrected chi connectivity index (χ1v) is 5.58. The summed E-state index contributed by atoms with van der Waals surface area (Å²) in [5, 5.41) is 20.1. The Bertz CT molecular complexity index is 254. The Kier molecular flexibility index (Phi) is 4.26. The first kappa shape index (κ1) is 12.9. The second-order valence-electron chi connectivity index (χ2n) is 3.97. The van der Waals surface area contributed by atoms with E-state index in [1.165, 1.54) is 0 Å². The van der Waals surface area contributed by atoms with Crippen LogP contribution >= 0.6 is 0 Å². The summed E-state index contributed by atoms with van der Waals surface area (Å²) in [5.41, 5.74) is 0. The number of amides is 2. The fourth-order valence-electron chi connectivity index (χ4n) is 1.86. The molecule has 1 aliphatic heterocycles. The van der Waals surface area contributed by atoms with Gasteiger partial charge >= 0.3 is 0 Å². The lowest BCUT2D eigenvalue weighted by atomic mass is 10.0. The standard InChI is InChI=1S/C10H18N2O4/c1-3-5-7-9(13)12(16)8(6-4-2)10(14)11(7)15/h7-8,15-16H,3-6H2,1-2H3/t7-,8-/m1/s1. The number of hydrogen-bond acceptors (Lipinski definition) is 4. The van der Waals surface area contributed by atoms with Crippen molar-refractivity contribution in [2.75, 3.05) is 0 Å². The molecule has 2 amide bonds. The summed E-state index contributed by atoms with van der Waals surface area (Å²) in [5.74, 6) is -1.22. The lowest BCUT2D eigenvalue weighted by Gasteiger charge is -2.38. The molecular weight excluding hydrogens is 212 g/mol. The van der Waals surface area contributed by atoms with Gasteiger partial charge in [0.15, 0.2) is 0 Å². The van der Waals surface area contributed by atoms with Crippen molar-refractivity contribution in [3.8, 4) is 0 Å². The summed E-state index contributed by atoms with van der Waals surface area (Å²) < 4.78 is 0. The Morgan fingerprint density at radius 2 is 1.25 bits per heavy atom. The van der Waals surface area contributed by atoms with Crippen molar-refractivity contribution in [1.82, 2.24) is 10.1 Å². The first-order valence-electron chi connectivity index (χ1n) is 5.58. The lowest BCUT2D eigenvalue weighted by molar-refractivity contribution is -0.231. The molecule has 0 aliphatic carbocycles. The van der Waals surface area contributed by atoms with Gasteiger partial charge in [0.25, 0.3) is 11.8 Å². The summed E-state index contributed by atoms with van der Waals surface area (Å²) >= 11 is 0. The highest BCUT2D eigenvalue weighted by atomic mass is 16.5. The van der Waals surface area contributed by atoms with E-state index in [1.807, 2.05) is 13.8 Å². The van der Waals surface area contributed by atoms with Crippen LogP contribution in [-0.2, 0) is 9.59 Å². The molecule has 0 aromatic heterocycles. The first-order chi connectivity index (χ1) is 7.54. The molecule has 2 atom stereocenters. The molecule has 0 spiro atoms. The van der Waals surface area contributed by atoms with Gasteiger partial charge in [-0.2, -0.15) is 0 Å². The Hall–Kier alpha value is -1.14. The molecule has 0 bridgehead atoms. The molecule has 6 heteroatoms. The molecule has 0 aromatic rings. The fraction of sp³-hybridized carbons (Fsp3) is 0.800. The number of nitrogens with zero attached hydrogens (tertiary/aromatic N) is 2. The number of hydrogen-bond donors (Lipinski definition) is 2. The molecule has 2 N–H and O–H groups in total. The second-order valence-corrected chi connectivity index (χ2v) is 3.97.